The third kappa shape index (κ3) is 7.46. The Morgan fingerprint density at radius 3 is 2.10 bits per heavy atom. The number of nitrogens with zero attached hydrogens (tertiary/aromatic N) is 2. The standard InChI is InChI=1S/C16H31N3O2/c1-5-18(12-14(20)17-16(2,3)4)13-15(21)19-10-8-6-7-9-11-19/h5-13H2,1-4H3,(H,17,20). The Bertz CT molecular complexity index is 342. The van der Waals surface area contributed by atoms with Crippen LogP contribution in [0.1, 0.15) is 53.4 Å². The molecule has 1 aliphatic heterocycles. The summed E-state index contributed by atoms with van der Waals surface area (Å²) in [5.74, 6) is 0.135. The fraction of sp³-hybridized carbons (Fsp3) is 0.875. The molecule has 0 bridgehead atoms. The fourth-order valence-electron chi connectivity index (χ4n) is 2.55. The lowest BCUT2D eigenvalue weighted by Crippen LogP contribution is -2.48. The highest BCUT2D eigenvalue weighted by atomic mass is 16.2. The Hall–Kier alpha value is -1.10. The van der Waals surface area contributed by atoms with Gasteiger partial charge in [0, 0.05) is 18.6 Å². The van der Waals surface area contributed by atoms with Crippen LogP contribution >= 0.6 is 0 Å². The normalized spacial score (nSPS) is 16.7. The molecular formula is C16H31N3O2. The van der Waals surface area contributed by atoms with E-state index in [-0.39, 0.29) is 23.9 Å². The van der Waals surface area contributed by atoms with Crippen molar-refractivity contribution in [3.63, 3.8) is 0 Å². The zero-order valence-corrected chi connectivity index (χ0v) is 14.1. The number of amides is 2. The quantitative estimate of drug-likeness (QED) is 0.839. The van der Waals surface area contributed by atoms with Gasteiger partial charge in [0.2, 0.25) is 11.8 Å². The second-order valence-electron chi connectivity index (χ2n) is 6.90. The Morgan fingerprint density at radius 1 is 1.05 bits per heavy atom. The molecule has 0 unspecified atom stereocenters. The van der Waals surface area contributed by atoms with Crippen molar-refractivity contribution in [2.45, 2.75) is 58.9 Å². The van der Waals surface area contributed by atoms with E-state index < -0.39 is 0 Å². The molecule has 2 amide bonds. The van der Waals surface area contributed by atoms with E-state index in [4.69, 9.17) is 0 Å². The molecule has 1 saturated heterocycles. The molecule has 0 radical (unpaired) electrons. The smallest absolute Gasteiger partial charge is 0.236 e. The summed E-state index contributed by atoms with van der Waals surface area (Å²) in [5, 5.41) is 2.94. The second kappa shape index (κ2) is 8.37. The van der Waals surface area contributed by atoms with Crippen LogP contribution in [-0.2, 0) is 9.59 Å². The van der Waals surface area contributed by atoms with Gasteiger partial charge in [-0.25, -0.2) is 0 Å². The van der Waals surface area contributed by atoms with Crippen LogP contribution in [0.15, 0.2) is 0 Å². The number of rotatable bonds is 5. The lowest BCUT2D eigenvalue weighted by atomic mass is 10.1. The van der Waals surface area contributed by atoms with Crippen molar-refractivity contribution in [2.75, 3.05) is 32.7 Å². The highest BCUT2D eigenvalue weighted by Gasteiger charge is 2.21. The number of carbonyl (C=O) groups is 2. The minimum atomic E-state index is -0.231. The summed E-state index contributed by atoms with van der Waals surface area (Å²) in [6.45, 7) is 10.9. The van der Waals surface area contributed by atoms with Crippen molar-refractivity contribution in [2.24, 2.45) is 0 Å². The number of likely N-dealkylation sites (tertiary alicyclic amines) is 1. The van der Waals surface area contributed by atoms with Gasteiger partial charge in [-0.3, -0.25) is 14.5 Å². The van der Waals surface area contributed by atoms with Crippen LogP contribution in [-0.4, -0.2) is 59.9 Å². The Morgan fingerprint density at radius 2 is 1.62 bits per heavy atom. The monoisotopic (exact) mass is 297 g/mol. The molecule has 1 rings (SSSR count). The molecule has 0 aromatic heterocycles. The highest BCUT2D eigenvalue weighted by Crippen LogP contribution is 2.10. The molecule has 1 N–H and O–H groups in total. The lowest BCUT2D eigenvalue weighted by molar-refractivity contribution is -0.133. The molecule has 0 saturated carbocycles. The molecule has 5 nitrogen and oxygen atoms in total. The Labute approximate surface area is 129 Å². The molecular weight excluding hydrogens is 266 g/mol. The summed E-state index contributed by atoms with van der Waals surface area (Å²) in [5.41, 5.74) is -0.231. The predicted molar refractivity (Wildman–Crippen MR) is 85.1 cm³/mol. The van der Waals surface area contributed by atoms with Crippen molar-refractivity contribution in [3.05, 3.63) is 0 Å². The number of carbonyl (C=O) groups excluding carboxylic acids is 2. The summed E-state index contributed by atoms with van der Waals surface area (Å²) in [4.78, 5) is 28.2. The van der Waals surface area contributed by atoms with Gasteiger partial charge in [0.1, 0.15) is 0 Å². The van der Waals surface area contributed by atoms with Gasteiger partial charge >= 0.3 is 0 Å². The first-order valence-corrected chi connectivity index (χ1v) is 8.13. The molecule has 122 valence electrons. The Balaban J connectivity index is 2.45. The van der Waals surface area contributed by atoms with Gasteiger partial charge in [0.05, 0.1) is 13.1 Å². The summed E-state index contributed by atoms with van der Waals surface area (Å²) in [7, 11) is 0. The number of likely N-dealkylation sites (N-methyl/N-ethyl adjacent to an activating group) is 1. The van der Waals surface area contributed by atoms with E-state index in [1.54, 1.807) is 0 Å². The molecule has 21 heavy (non-hydrogen) atoms. The van der Waals surface area contributed by atoms with E-state index in [0.717, 1.165) is 25.9 Å². The molecule has 1 fully saturated rings. The summed E-state index contributed by atoms with van der Waals surface area (Å²) < 4.78 is 0. The minimum absolute atomic E-state index is 0.0204. The van der Waals surface area contributed by atoms with Gasteiger partial charge in [-0.1, -0.05) is 19.8 Å². The van der Waals surface area contributed by atoms with Crippen LogP contribution in [0.2, 0.25) is 0 Å². The number of hydrogen-bond acceptors (Lipinski definition) is 3. The summed E-state index contributed by atoms with van der Waals surface area (Å²) in [6.07, 6.45) is 4.63. The first kappa shape index (κ1) is 18.0. The molecule has 0 aromatic carbocycles. The van der Waals surface area contributed by atoms with E-state index in [9.17, 15) is 9.59 Å². The van der Waals surface area contributed by atoms with Crippen LogP contribution in [0.25, 0.3) is 0 Å². The first-order valence-electron chi connectivity index (χ1n) is 8.13. The van der Waals surface area contributed by atoms with E-state index in [2.05, 4.69) is 5.32 Å². The maximum atomic E-state index is 12.3. The molecule has 0 atom stereocenters. The third-order valence-corrected chi connectivity index (χ3v) is 3.65. The largest absolute Gasteiger partial charge is 0.350 e. The molecule has 0 spiro atoms. The average Bonchev–Trinajstić information content (AvgIpc) is 2.64. The van der Waals surface area contributed by atoms with Gasteiger partial charge in [0.15, 0.2) is 0 Å². The van der Waals surface area contributed by atoms with Gasteiger partial charge < -0.3 is 10.2 Å². The van der Waals surface area contributed by atoms with Crippen molar-refractivity contribution in [1.29, 1.82) is 0 Å². The maximum absolute atomic E-state index is 12.3. The minimum Gasteiger partial charge on any atom is -0.350 e. The third-order valence-electron chi connectivity index (χ3n) is 3.65. The van der Waals surface area contributed by atoms with E-state index in [1.807, 2.05) is 37.5 Å². The SMILES string of the molecule is CCN(CC(=O)NC(C)(C)C)CC(=O)N1CCCCCC1. The Kier molecular flexibility index (Phi) is 7.15. The zero-order chi connectivity index (χ0) is 15.9. The van der Waals surface area contributed by atoms with Crippen LogP contribution in [0, 0.1) is 0 Å². The van der Waals surface area contributed by atoms with Crippen molar-refractivity contribution >= 4 is 11.8 Å². The molecule has 1 aliphatic rings. The first-order chi connectivity index (χ1) is 9.81. The van der Waals surface area contributed by atoms with E-state index in [1.165, 1.54) is 12.8 Å². The van der Waals surface area contributed by atoms with Crippen LogP contribution in [0.3, 0.4) is 0 Å². The fourth-order valence-corrected chi connectivity index (χ4v) is 2.55. The van der Waals surface area contributed by atoms with Gasteiger partial charge in [0.25, 0.3) is 0 Å². The summed E-state index contributed by atoms with van der Waals surface area (Å²) in [6, 6.07) is 0. The topological polar surface area (TPSA) is 52.7 Å². The van der Waals surface area contributed by atoms with Crippen molar-refractivity contribution in [3.8, 4) is 0 Å². The lowest BCUT2D eigenvalue weighted by Gasteiger charge is -2.27. The number of hydrogen-bond donors (Lipinski definition) is 1. The summed E-state index contributed by atoms with van der Waals surface area (Å²) >= 11 is 0. The highest BCUT2D eigenvalue weighted by molar-refractivity contribution is 5.81. The van der Waals surface area contributed by atoms with Gasteiger partial charge in [-0.15, -0.1) is 0 Å². The number of nitrogens with one attached hydrogen (secondary N) is 1. The van der Waals surface area contributed by atoms with Crippen molar-refractivity contribution in [1.82, 2.24) is 15.1 Å². The van der Waals surface area contributed by atoms with E-state index >= 15 is 0 Å². The van der Waals surface area contributed by atoms with E-state index in [0.29, 0.717) is 13.1 Å². The van der Waals surface area contributed by atoms with Crippen LogP contribution in [0.4, 0.5) is 0 Å². The maximum Gasteiger partial charge on any atom is 0.236 e. The molecule has 0 aliphatic carbocycles. The molecule has 0 aromatic rings. The average molecular weight is 297 g/mol. The van der Waals surface area contributed by atoms with Gasteiger partial charge in [-0.05, 0) is 40.2 Å². The zero-order valence-electron chi connectivity index (χ0n) is 14.1. The van der Waals surface area contributed by atoms with Crippen molar-refractivity contribution < 1.29 is 9.59 Å². The van der Waals surface area contributed by atoms with Gasteiger partial charge in [-0.2, -0.15) is 0 Å². The van der Waals surface area contributed by atoms with Crippen LogP contribution < -0.4 is 5.32 Å². The second-order valence-corrected chi connectivity index (χ2v) is 6.90. The predicted octanol–water partition coefficient (Wildman–Crippen LogP) is 1.63. The molecule has 5 heteroatoms. The molecule has 1 heterocycles. The van der Waals surface area contributed by atoms with Crippen LogP contribution in [0.5, 0.6) is 0 Å².